The average Bonchev–Trinajstić information content (AvgIpc) is 2.89. The second-order valence-electron chi connectivity index (χ2n) is 4.86. The summed E-state index contributed by atoms with van der Waals surface area (Å²) < 4.78 is 0. The number of carboxylic acid groups (broad SMARTS) is 1. The van der Waals surface area contributed by atoms with Crippen LogP contribution < -0.4 is 4.90 Å². The second-order valence-corrected chi connectivity index (χ2v) is 4.86. The maximum Gasteiger partial charge on any atom is 0.338 e. The Morgan fingerprint density at radius 2 is 1.71 bits per heavy atom. The van der Waals surface area contributed by atoms with Gasteiger partial charge >= 0.3 is 5.97 Å². The highest BCUT2D eigenvalue weighted by atomic mass is 16.6. The third-order valence-corrected chi connectivity index (χ3v) is 3.60. The van der Waals surface area contributed by atoms with Crippen LogP contribution in [-0.2, 0) is 13.1 Å². The molecule has 1 N–H and O–H groups in total. The molecule has 2 aromatic rings. The monoisotopic (exact) mass is 284 g/mol. The molecule has 0 aliphatic carbocycles. The van der Waals surface area contributed by atoms with E-state index in [4.69, 9.17) is 0 Å². The Balaban J connectivity index is 2.11. The van der Waals surface area contributed by atoms with Gasteiger partial charge in [0.05, 0.1) is 10.5 Å². The number of nitro benzene ring substituents is 1. The molecule has 106 valence electrons. The predicted molar refractivity (Wildman–Crippen MR) is 76.4 cm³/mol. The van der Waals surface area contributed by atoms with Gasteiger partial charge in [-0.1, -0.05) is 30.3 Å². The predicted octanol–water partition coefficient (Wildman–Crippen LogP) is 2.81. The van der Waals surface area contributed by atoms with Gasteiger partial charge < -0.3 is 10.0 Å². The molecule has 0 unspecified atom stereocenters. The summed E-state index contributed by atoms with van der Waals surface area (Å²) in [6, 6.07) is 11.8. The van der Waals surface area contributed by atoms with E-state index in [-0.39, 0.29) is 16.9 Å². The van der Waals surface area contributed by atoms with E-state index in [2.05, 4.69) is 0 Å². The molecule has 1 aliphatic rings. The van der Waals surface area contributed by atoms with Crippen LogP contribution in [0.1, 0.15) is 21.5 Å². The van der Waals surface area contributed by atoms with Crippen molar-refractivity contribution in [2.45, 2.75) is 13.1 Å². The van der Waals surface area contributed by atoms with Gasteiger partial charge in [0.15, 0.2) is 0 Å². The molecule has 1 heterocycles. The van der Waals surface area contributed by atoms with Crippen LogP contribution in [0.5, 0.6) is 0 Å². The third kappa shape index (κ3) is 2.20. The van der Waals surface area contributed by atoms with Crippen LogP contribution in [0.4, 0.5) is 11.4 Å². The number of benzene rings is 2. The first kappa shape index (κ1) is 13.1. The Hall–Kier alpha value is -2.89. The standard InChI is InChI=1S/C15H12N2O4/c18-15(19)12-6-3-7-13(17(20)21)14(12)16-8-10-4-1-2-5-11(10)9-16/h1-7H,8-9H2,(H,18,19). The Kier molecular flexibility index (Phi) is 3.06. The van der Waals surface area contributed by atoms with E-state index >= 15 is 0 Å². The van der Waals surface area contributed by atoms with Crippen molar-refractivity contribution in [2.75, 3.05) is 4.90 Å². The number of hydrogen-bond acceptors (Lipinski definition) is 4. The minimum absolute atomic E-state index is 0.0444. The lowest BCUT2D eigenvalue weighted by Gasteiger charge is -2.19. The summed E-state index contributed by atoms with van der Waals surface area (Å²) in [4.78, 5) is 23.8. The summed E-state index contributed by atoms with van der Waals surface area (Å²) >= 11 is 0. The summed E-state index contributed by atoms with van der Waals surface area (Å²) in [6.45, 7) is 0.947. The molecule has 0 fully saturated rings. The number of anilines is 1. The Morgan fingerprint density at radius 1 is 1.10 bits per heavy atom. The molecule has 6 heteroatoms. The van der Waals surface area contributed by atoms with Gasteiger partial charge in [-0.25, -0.2) is 4.79 Å². The van der Waals surface area contributed by atoms with Crippen molar-refractivity contribution < 1.29 is 14.8 Å². The van der Waals surface area contributed by atoms with Crippen molar-refractivity contribution in [3.8, 4) is 0 Å². The van der Waals surface area contributed by atoms with Gasteiger partial charge in [0.25, 0.3) is 5.69 Å². The van der Waals surface area contributed by atoms with Gasteiger partial charge in [-0.3, -0.25) is 10.1 Å². The molecule has 0 spiro atoms. The van der Waals surface area contributed by atoms with Gasteiger partial charge in [-0.15, -0.1) is 0 Å². The minimum atomic E-state index is -1.16. The van der Waals surface area contributed by atoms with Gasteiger partial charge in [0.2, 0.25) is 0 Å². The topological polar surface area (TPSA) is 83.7 Å². The number of para-hydroxylation sites is 1. The van der Waals surface area contributed by atoms with Crippen LogP contribution in [0.3, 0.4) is 0 Å². The number of carbonyl (C=O) groups is 1. The number of aromatic carboxylic acids is 1. The zero-order chi connectivity index (χ0) is 15.0. The summed E-state index contributed by atoms with van der Waals surface area (Å²) in [6.07, 6.45) is 0. The fourth-order valence-electron chi connectivity index (χ4n) is 2.67. The minimum Gasteiger partial charge on any atom is -0.478 e. The summed E-state index contributed by atoms with van der Waals surface area (Å²) in [5.41, 5.74) is 2.07. The maximum atomic E-state index is 11.4. The molecule has 0 saturated carbocycles. The first-order valence-electron chi connectivity index (χ1n) is 6.40. The lowest BCUT2D eigenvalue weighted by Crippen LogP contribution is -2.19. The molecule has 0 bridgehead atoms. The summed E-state index contributed by atoms with van der Waals surface area (Å²) in [7, 11) is 0. The van der Waals surface area contributed by atoms with Crippen molar-refractivity contribution in [2.24, 2.45) is 0 Å². The SMILES string of the molecule is O=C(O)c1cccc([N+](=O)[O-])c1N1Cc2ccccc2C1. The number of carboxylic acids is 1. The van der Waals surface area contributed by atoms with Gasteiger partial charge in [0.1, 0.15) is 5.69 Å². The van der Waals surface area contributed by atoms with E-state index in [1.807, 2.05) is 24.3 Å². The van der Waals surface area contributed by atoms with E-state index in [1.165, 1.54) is 18.2 Å². The van der Waals surface area contributed by atoms with Crippen LogP contribution in [0.25, 0.3) is 0 Å². The van der Waals surface area contributed by atoms with Crippen LogP contribution in [0.2, 0.25) is 0 Å². The summed E-state index contributed by atoms with van der Waals surface area (Å²) in [5.74, 6) is -1.16. The molecular formula is C15H12N2O4. The van der Waals surface area contributed by atoms with E-state index in [0.717, 1.165) is 11.1 Å². The Bertz CT molecular complexity index is 685. The molecule has 21 heavy (non-hydrogen) atoms. The average molecular weight is 284 g/mol. The maximum absolute atomic E-state index is 11.4. The highest BCUT2D eigenvalue weighted by Gasteiger charge is 2.29. The zero-order valence-corrected chi connectivity index (χ0v) is 11.0. The highest BCUT2D eigenvalue weighted by Crippen LogP contribution is 2.37. The Morgan fingerprint density at radius 3 is 2.24 bits per heavy atom. The van der Waals surface area contributed by atoms with Crippen molar-refractivity contribution in [1.29, 1.82) is 0 Å². The smallest absolute Gasteiger partial charge is 0.338 e. The van der Waals surface area contributed by atoms with Crippen molar-refractivity contribution >= 4 is 17.3 Å². The first-order valence-corrected chi connectivity index (χ1v) is 6.40. The molecule has 0 aromatic heterocycles. The van der Waals surface area contributed by atoms with E-state index in [1.54, 1.807) is 4.90 Å². The number of rotatable bonds is 3. The van der Waals surface area contributed by atoms with Crippen LogP contribution in [0.15, 0.2) is 42.5 Å². The molecule has 1 aliphatic heterocycles. The number of nitrogens with zero attached hydrogens (tertiary/aromatic N) is 2. The number of fused-ring (bicyclic) bond motifs is 1. The van der Waals surface area contributed by atoms with Crippen LogP contribution in [-0.4, -0.2) is 16.0 Å². The molecule has 0 radical (unpaired) electrons. The number of nitro groups is 1. The van der Waals surface area contributed by atoms with Crippen molar-refractivity contribution in [3.63, 3.8) is 0 Å². The lowest BCUT2D eigenvalue weighted by molar-refractivity contribution is -0.384. The van der Waals surface area contributed by atoms with Crippen LogP contribution in [0, 0.1) is 10.1 Å². The molecule has 2 aromatic carbocycles. The van der Waals surface area contributed by atoms with Gasteiger partial charge in [-0.05, 0) is 17.2 Å². The largest absolute Gasteiger partial charge is 0.478 e. The second kappa shape index (κ2) is 4.90. The lowest BCUT2D eigenvalue weighted by atomic mass is 10.1. The highest BCUT2D eigenvalue weighted by molar-refractivity contribution is 5.97. The first-order chi connectivity index (χ1) is 10.1. The molecule has 0 saturated heterocycles. The van der Waals surface area contributed by atoms with Gasteiger partial charge in [-0.2, -0.15) is 0 Å². The molecule has 6 nitrogen and oxygen atoms in total. The molecule has 3 rings (SSSR count). The third-order valence-electron chi connectivity index (χ3n) is 3.60. The summed E-state index contributed by atoms with van der Waals surface area (Å²) in [5, 5.41) is 20.5. The normalized spacial score (nSPS) is 13.0. The van der Waals surface area contributed by atoms with E-state index in [9.17, 15) is 20.0 Å². The molecular weight excluding hydrogens is 272 g/mol. The quantitative estimate of drug-likeness (QED) is 0.692. The van der Waals surface area contributed by atoms with Crippen molar-refractivity contribution in [3.05, 3.63) is 69.3 Å². The molecule has 0 atom stereocenters. The van der Waals surface area contributed by atoms with Crippen molar-refractivity contribution in [1.82, 2.24) is 0 Å². The van der Waals surface area contributed by atoms with Gasteiger partial charge in [0, 0.05) is 19.2 Å². The molecule has 0 amide bonds. The Labute approximate surface area is 120 Å². The van der Waals surface area contributed by atoms with E-state index in [0.29, 0.717) is 13.1 Å². The fourth-order valence-corrected chi connectivity index (χ4v) is 2.67. The zero-order valence-electron chi connectivity index (χ0n) is 11.0. The fraction of sp³-hybridized carbons (Fsp3) is 0.133. The van der Waals surface area contributed by atoms with Crippen LogP contribution >= 0.6 is 0 Å². The number of hydrogen-bond donors (Lipinski definition) is 1. The van der Waals surface area contributed by atoms with E-state index < -0.39 is 10.9 Å².